The molecule has 0 aliphatic heterocycles. The zero-order chi connectivity index (χ0) is 14.4. The molecule has 0 saturated carbocycles. The molecule has 1 unspecified atom stereocenters. The molecular weight excluding hydrogens is 248 g/mol. The van der Waals surface area contributed by atoms with Crippen molar-refractivity contribution in [1.29, 1.82) is 0 Å². The van der Waals surface area contributed by atoms with Gasteiger partial charge in [0.2, 0.25) is 0 Å². The van der Waals surface area contributed by atoms with E-state index in [1.165, 1.54) is 5.56 Å². The largest absolute Gasteiger partial charge is 0.307 e. The fraction of sp³-hybridized carbons (Fsp3) is 0.500. The van der Waals surface area contributed by atoms with Crippen LogP contribution in [-0.2, 0) is 19.5 Å². The zero-order valence-electron chi connectivity index (χ0n) is 12.6. The predicted octanol–water partition coefficient (Wildman–Crippen LogP) is 2.65. The molecule has 0 aliphatic rings. The second kappa shape index (κ2) is 7.20. The molecule has 1 aromatic carbocycles. The zero-order valence-corrected chi connectivity index (χ0v) is 12.6. The van der Waals surface area contributed by atoms with Crippen molar-refractivity contribution in [2.24, 2.45) is 5.92 Å². The molecular formula is C16H24N4. The summed E-state index contributed by atoms with van der Waals surface area (Å²) >= 11 is 0. The van der Waals surface area contributed by atoms with E-state index in [4.69, 9.17) is 0 Å². The van der Waals surface area contributed by atoms with Crippen LogP contribution in [0.25, 0.3) is 0 Å². The van der Waals surface area contributed by atoms with Crippen molar-refractivity contribution in [3.05, 3.63) is 48.0 Å². The summed E-state index contributed by atoms with van der Waals surface area (Å²) in [6.45, 7) is 8.27. The van der Waals surface area contributed by atoms with Gasteiger partial charge in [-0.15, -0.1) is 0 Å². The van der Waals surface area contributed by atoms with Crippen LogP contribution in [0.4, 0.5) is 0 Å². The Kier molecular flexibility index (Phi) is 5.30. The van der Waals surface area contributed by atoms with Gasteiger partial charge in [-0.25, -0.2) is 9.67 Å². The first-order valence-electron chi connectivity index (χ1n) is 7.29. The van der Waals surface area contributed by atoms with E-state index in [1.807, 2.05) is 4.68 Å². The van der Waals surface area contributed by atoms with Crippen LogP contribution in [0.15, 0.2) is 36.7 Å². The van der Waals surface area contributed by atoms with Gasteiger partial charge in [-0.3, -0.25) is 0 Å². The SMILES string of the molecule is CC(C)Cn1ncnc1CNC(C)Cc1ccccc1. The van der Waals surface area contributed by atoms with Crippen molar-refractivity contribution in [2.45, 2.75) is 46.3 Å². The maximum atomic E-state index is 4.34. The number of nitrogens with one attached hydrogen (secondary N) is 1. The van der Waals surface area contributed by atoms with E-state index >= 15 is 0 Å². The summed E-state index contributed by atoms with van der Waals surface area (Å²) in [5, 5.41) is 7.81. The number of rotatable bonds is 7. The van der Waals surface area contributed by atoms with E-state index in [0.717, 1.165) is 25.3 Å². The van der Waals surface area contributed by atoms with E-state index in [0.29, 0.717) is 12.0 Å². The quantitative estimate of drug-likeness (QED) is 0.842. The van der Waals surface area contributed by atoms with Crippen LogP contribution in [0, 0.1) is 5.92 Å². The molecule has 0 spiro atoms. The van der Waals surface area contributed by atoms with Crippen molar-refractivity contribution in [3.63, 3.8) is 0 Å². The van der Waals surface area contributed by atoms with Gasteiger partial charge in [-0.2, -0.15) is 5.10 Å². The van der Waals surface area contributed by atoms with E-state index in [9.17, 15) is 0 Å². The van der Waals surface area contributed by atoms with Crippen LogP contribution in [0.1, 0.15) is 32.2 Å². The maximum absolute atomic E-state index is 4.34. The molecule has 2 rings (SSSR count). The molecule has 4 heteroatoms. The molecule has 108 valence electrons. The van der Waals surface area contributed by atoms with Gasteiger partial charge in [0.1, 0.15) is 12.2 Å². The minimum absolute atomic E-state index is 0.418. The molecule has 4 nitrogen and oxygen atoms in total. The highest BCUT2D eigenvalue weighted by atomic mass is 15.3. The predicted molar refractivity (Wildman–Crippen MR) is 81.3 cm³/mol. The molecule has 0 saturated heterocycles. The Labute approximate surface area is 121 Å². The fourth-order valence-corrected chi connectivity index (χ4v) is 2.23. The number of nitrogens with zero attached hydrogens (tertiary/aromatic N) is 3. The molecule has 2 aromatic rings. The second-order valence-electron chi connectivity index (χ2n) is 5.72. The first-order chi connectivity index (χ1) is 9.65. The van der Waals surface area contributed by atoms with Crippen molar-refractivity contribution >= 4 is 0 Å². The Morgan fingerprint density at radius 3 is 2.60 bits per heavy atom. The third-order valence-corrected chi connectivity index (χ3v) is 3.23. The average Bonchev–Trinajstić information content (AvgIpc) is 2.84. The van der Waals surface area contributed by atoms with Crippen LogP contribution in [0.3, 0.4) is 0 Å². The standard InChI is InChI=1S/C16H24N4/c1-13(2)11-20-16(18-12-19-20)10-17-14(3)9-15-7-5-4-6-8-15/h4-8,12-14,17H,9-11H2,1-3H3. The van der Waals surface area contributed by atoms with Crippen LogP contribution in [0.5, 0.6) is 0 Å². The Morgan fingerprint density at radius 2 is 1.90 bits per heavy atom. The summed E-state index contributed by atoms with van der Waals surface area (Å²) in [4.78, 5) is 4.34. The summed E-state index contributed by atoms with van der Waals surface area (Å²) < 4.78 is 1.99. The topological polar surface area (TPSA) is 42.7 Å². The molecule has 0 radical (unpaired) electrons. The lowest BCUT2D eigenvalue weighted by atomic mass is 10.1. The van der Waals surface area contributed by atoms with Crippen molar-refractivity contribution in [3.8, 4) is 0 Å². The van der Waals surface area contributed by atoms with Gasteiger partial charge in [0.05, 0.1) is 6.54 Å². The van der Waals surface area contributed by atoms with Gasteiger partial charge < -0.3 is 5.32 Å². The normalized spacial score (nSPS) is 12.8. The van der Waals surface area contributed by atoms with Crippen molar-refractivity contribution < 1.29 is 0 Å². The van der Waals surface area contributed by atoms with E-state index in [-0.39, 0.29) is 0 Å². The number of aromatic nitrogens is 3. The van der Waals surface area contributed by atoms with Gasteiger partial charge in [0.25, 0.3) is 0 Å². The Hall–Kier alpha value is -1.68. The number of hydrogen-bond acceptors (Lipinski definition) is 3. The first-order valence-corrected chi connectivity index (χ1v) is 7.29. The molecule has 20 heavy (non-hydrogen) atoms. The lowest BCUT2D eigenvalue weighted by molar-refractivity contribution is 0.446. The van der Waals surface area contributed by atoms with E-state index in [2.05, 4.69) is 66.5 Å². The minimum Gasteiger partial charge on any atom is -0.307 e. The van der Waals surface area contributed by atoms with E-state index in [1.54, 1.807) is 6.33 Å². The number of benzene rings is 1. The molecule has 0 fully saturated rings. The number of hydrogen-bond donors (Lipinski definition) is 1. The molecule has 1 N–H and O–H groups in total. The Balaban J connectivity index is 1.84. The highest BCUT2D eigenvalue weighted by Gasteiger charge is 2.08. The summed E-state index contributed by atoms with van der Waals surface area (Å²) in [5.74, 6) is 1.59. The van der Waals surface area contributed by atoms with Crippen molar-refractivity contribution in [1.82, 2.24) is 20.1 Å². The van der Waals surface area contributed by atoms with Gasteiger partial charge in [-0.05, 0) is 24.8 Å². The Morgan fingerprint density at radius 1 is 1.15 bits per heavy atom. The highest BCUT2D eigenvalue weighted by Crippen LogP contribution is 2.05. The molecule has 1 atom stereocenters. The molecule has 0 bridgehead atoms. The Bertz CT molecular complexity index is 504. The monoisotopic (exact) mass is 272 g/mol. The molecule has 0 amide bonds. The average molecular weight is 272 g/mol. The third-order valence-electron chi connectivity index (χ3n) is 3.23. The lowest BCUT2D eigenvalue weighted by Gasteiger charge is -2.14. The lowest BCUT2D eigenvalue weighted by Crippen LogP contribution is -2.29. The summed E-state index contributed by atoms with van der Waals surface area (Å²) in [6.07, 6.45) is 2.67. The van der Waals surface area contributed by atoms with Crippen LogP contribution < -0.4 is 5.32 Å². The molecule has 1 heterocycles. The first kappa shape index (κ1) is 14.7. The smallest absolute Gasteiger partial charge is 0.140 e. The van der Waals surface area contributed by atoms with Crippen LogP contribution >= 0.6 is 0 Å². The van der Waals surface area contributed by atoms with Crippen molar-refractivity contribution in [2.75, 3.05) is 0 Å². The highest BCUT2D eigenvalue weighted by molar-refractivity contribution is 5.15. The maximum Gasteiger partial charge on any atom is 0.140 e. The summed E-state index contributed by atoms with van der Waals surface area (Å²) in [6, 6.07) is 11.0. The summed E-state index contributed by atoms with van der Waals surface area (Å²) in [5.41, 5.74) is 1.36. The van der Waals surface area contributed by atoms with E-state index < -0.39 is 0 Å². The van der Waals surface area contributed by atoms with Gasteiger partial charge >= 0.3 is 0 Å². The van der Waals surface area contributed by atoms with Crippen LogP contribution in [0.2, 0.25) is 0 Å². The fourth-order valence-electron chi connectivity index (χ4n) is 2.23. The minimum atomic E-state index is 0.418. The van der Waals surface area contributed by atoms with Gasteiger partial charge in [0.15, 0.2) is 0 Å². The molecule has 0 aliphatic carbocycles. The van der Waals surface area contributed by atoms with Gasteiger partial charge in [-0.1, -0.05) is 44.2 Å². The van der Waals surface area contributed by atoms with Gasteiger partial charge in [0, 0.05) is 12.6 Å². The third kappa shape index (κ3) is 4.46. The molecule has 1 aromatic heterocycles. The second-order valence-corrected chi connectivity index (χ2v) is 5.72. The summed E-state index contributed by atoms with van der Waals surface area (Å²) in [7, 11) is 0. The van der Waals surface area contributed by atoms with Crippen LogP contribution in [-0.4, -0.2) is 20.8 Å².